The minimum atomic E-state index is -2.10. The molecule has 0 heterocycles. The molecule has 0 aliphatic carbocycles. The molecule has 0 aliphatic heterocycles. The quantitative estimate of drug-likeness (QED) is 0.322. The molecular formula is C16H34O3S. The van der Waals surface area contributed by atoms with E-state index in [1.54, 1.807) is 0 Å². The molecule has 4 heteroatoms. The van der Waals surface area contributed by atoms with Gasteiger partial charge >= 0.3 is 11.4 Å². The third-order valence-electron chi connectivity index (χ3n) is 3.82. The van der Waals surface area contributed by atoms with Crippen LogP contribution in [0.4, 0.5) is 0 Å². The summed E-state index contributed by atoms with van der Waals surface area (Å²) in [7, 11) is 0. The number of unbranched alkanes of at least 4 members (excludes halogenated alkanes) is 8. The molecule has 3 nitrogen and oxygen atoms in total. The molecule has 0 aromatic rings. The lowest BCUT2D eigenvalue weighted by Gasteiger charge is -2.14. The van der Waals surface area contributed by atoms with E-state index in [0.717, 1.165) is 19.3 Å². The second kappa shape index (κ2) is 15.5. The van der Waals surface area contributed by atoms with E-state index in [4.69, 9.17) is 8.74 Å². The molecule has 0 aromatic carbocycles. The molecule has 122 valence electrons. The average molecular weight is 307 g/mol. The Labute approximate surface area is 128 Å². The zero-order valence-corrected chi connectivity index (χ0v) is 14.3. The number of rotatable bonds is 15. The molecule has 0 radical (unpaired) electrons. The number of hydrogen-bond donors (Lipinski definition) is 1. The van der Waals surface area contributed by atoms with E-state index in [-0.39, 0.29) is 0 Å². The molecule has 0 aliphatic rings. The Kier molecular flexibility index (Phi) is 15.5. The summed E-state index contributed by atoms with van der Waals surface area (Å²) in [6.45, 7) is 4.83. The average Bonchev–Trinajstić information content (AvgIpc) is 2.42. The van der Waals surface area contributed by atoms with Gasteiger partial charge in [-0.15, -0.1) is 0 Å². The van der Waals surface area contributed by atoms with Crippen LogP contribution in [0.3, 0.4) is 0 Å². The Balaban J connectivity index is 3.41. The van der Waals surface area contributed by atoms with E-state index in [2.05, 4.69) is 13.8 Å². The van der Waals surface area contributed by atoms with Gasteiger partial charge in [-0.25, -0.2) is 0 Å². The molecular weight excluding hydrogens is 272 g/mol. The first kappa shape index (κ1) is 20.1. The van der Waals surface area contributed by atoms with Crippen LogP contribution in [-0.4, -0.2) is 15.4 Å². The molecule has 2 unspecified atom stereocenters. The van der Waals surface area contributed by atoms with Crippen molar-refractivity contribution < 1.29 is 12.9 Å². The highest BCUT2D eigenvalue weighted by Crippen LogP contribution is 2.18. The van der Waals surface area contributed by atoms with Gasteiger partial charge in [0.2, 0.25) is 0 Å². The van der Waals surface area contributed by atoms with Crippen LogP contribution in [0.5, 0.6) is 0 Å². The summed E-state index contributed by atoms with van der Waals surface area (Å²) in [6.07, 6.45) is 15.4. The Morgan fingerprint density at radius 2 is 1.40 bits per heavy atom. The maximum absolute atomic E-state index is 10.5. The van der Waals surface area contributed by atoms with Crippen molar-refractivity contribution in [3.05, 3.63) is 0 Å². The van der Waals surface area contributed by atoms with Gasteiger partial charge in [-0.3, -0.25) is 8.74 Å². The van der Waals surface area contributed by atoms with Crippen molar-refractivity contribution in [3.8, 4) is 0 Å². The summed E-state index contributed by atoms with van der Waals surface area (Å²) in [5, 5.41) is 0. The van der Waals surface area contributed by atoms with E-state index in [0.29, 0.717) is 12.5 Å². The lowest BCUT2D eigenvalue weighted by molar-refractivity contribution is 0.227. The van der Waals surface area contributed by atoms with Crippen LogP contribution in [0.25, 0.3) is 0 Å². The van der Waals surface area contributed by atoms with Crippen molar-refractivity contribution in [3.63, 3.8) is 0 Å². The fraction of sp³-hybridized carbons (Fsp3) is 1.00. The van der Waals surface area contributed by atoms with Crippen LogP contribution in [0, 0.1) is 5.92 Å². The second-order valence-electron chi connectivity index (χ2n) is 5.77. The monoisotopic (exact) mass is 306 g/mol. The van der Waals surface area contributed by atoms with Crippen LogP contribution in [-0.2, 0) is 15.5 Å². The highest BCUT2D eigenvalue weighted by atomic mass is 32.2. The fourth-order valence-corrected chi connectivity index (χ4v) is 2.93. The molecule has 0 saturated carbocycles. The molecule has 0 bridgehead atoms. The first-order valence-electron chi connectivity index (χ1n) is 8.44. The predicted molar refractivity (Wildman–Crippen MR) is 87.0 cm³/mol. The lowest BCUT2D eigenvalue weighted by atomic mass is 9.97. The van der Waals surface area contributed by atoms with Crippen LogP contribution in [0.2, 0.25) is 0 Å². The highest BCUT2D eigenvalue weighted by Gasteiger charge is 2.09. The van der Waals surface area contributed by atoms with Gasteiger partial charge in [0.25, 0.3) is 0 Å². The molecule has 0 saturated heterocycles. The highest BCUT2D eigenvalue weighted by molar-refractivity contribution is 7.74. The smallest absolute Gasteiger partial charge is 0.284 e. The molecule has 0 fully saturated rings. The first-order valence-corrected chi connectivity index (χ1v) is 9.48. The molecule has 0 spiro atoms. The van der Waals surface area contributed by atoms with Crippen molar-refractivity contribution >= 4 is 11.4 Å². The Bertz CT molecular complexity index is 222. The molecule has 0 aromatic heterocycles. The summed E-state index contributed by atoms with van der Waals surface area (Å²) in [4.78, 5) is 0. The van der Waals surface area contributed by atoms with Crippen LogP contribution < -0.4 is 0 Å². The Morgan fingerprint density at radius 1 is 0.850 bits per heavy atom. The van der Waals surface area contributed by atoms with Gasteiger partial charge in [0.1, 0.15) is 0 Å². The molecule has 2 atom stereocenters. The first-order chi connectivity index (χ1) is 9.70. The summed E-state index contributed by atoms with van der Waals surface area (Å²) >= 11 is -2.10. The van der Waals surface area contributed by atoms with Crippen LogP contribution in [0.1, 0.15) is 90.9 Å². The standard InChI is InChI=1S/C16H34O3S/c1-3-5-6-7-8-9-10-11-12-14-16(13-4-2)15-19-20(17)18/h16H,3-15H2,1-2H3,(H,17,18). The lowest BCUT2D eigenvalue weighted by Crippen LogP contribution is -2.10. The third kappa shape index (κ3) is 14.5. The van der Waals surface area contributed by atoms with E-state index in [9.17, 15) is 4.21 Å². The van der Waals surface area contributed by atoms with E-state index < -0.39 is 11.4 Å². The zero-order valence-electron chi connectivity index (χ0n) is 13.4. The molecule has 0 rings (SSSR count). The SMILES string of the molecule is CCCCCCCCCCCC(CCC)COS(=O)O. The summed E-state index contributed by atoms with van der Waals surface area (Å²) in [6, 6.07) is 0. The normalized spacial score (nSPS) is 14.3. The molecule has 20 heavy (non-hydrogen) atoms. The van der Waals surface area contributed by atoms with Gasteiger partial charge in [-0.1, -0.05) is 78.1 Å². The van der Waals surface area contributed by atoms with E-state index in [1.807, 2.05) is 0 Å². The maximum Gasteiger partial charge on any atom is 0.301 e. The summed E-state index contributed by atoms with van der Waals surface area (Å²) in [5.74, 6) is 0.445. The largest absolute Gasteiger partial charge is 0.301 e. The third-order valence-corrected chi connectivity index (χ3v) is 4.16. The van der Waals surface area contributed by atoms with Crippen molar-refractivity contribution in [2.45, 2.75) is 90.9 Å². The minimum Gasteiger partial charge on any atom is -0.284 e. The topological polar surface area (TPSA) is 46.5 Å². The van der Waals surface area contributed by atoms with Crippen molar-refractivity contribution in [2.24, 2.45) is 5.92 Å². The Morgan fingerprint density at radius 3 is 1.90 bits per heavy atom. The summed E-state index contributed by atoms with van der Waals surface area (Å²) in [5.41, 5.74) is 0. The van der Waals surface area contributed by atoms with Gasteiger partial charge in [-0.05, 0) is 18.8 Å². The molecule has 1 N–H and O–H groups in total. The minimum absolute atomic E-state index is 0.425. The zero-order chi connectivity index (χ0) is 15.1. The van der Waals surface area contributed by atoms with E-state index in [1.165, 1.54) is 57.8 Å². The summed E-state index contributed by atoms with van der Waals surface area (Å²) < 4.78 is 24.0. The predicted octanol–water partition coefficient (Wildman–Crippen LogP) is 5.48. The Hall–Kier alpha value is 0.0700. The van der Waals surface area contributed by atoms with Gasteiger partial charge in [0.15, 0.2) is 0 Å². The van der Waals surface area contributed by atoms with Gasteiger partial charge < -0.3 is 0 Å². The van der Waals surface area contributed by atoms with E-state index >= 15 is 0 Å². The van der Waals surface area contributed by atoms with Crippen LogP contribution >= 0.6 is 0 Å². The maximum atomic E-state index is 10.5. The van der Waals surface area contributed by atoms with Gasteiger partial charge in [0.05, 0.1) is 6.61 Å². The van der Waals surface area contributed by atoms with Crippen molar-refractivity contribution in [1.29, 1.82) is 0 Å². The fourth-order valence-electron chi connectivity index (χ4n) is 2.62. The van der Waals surface area contributed by atoms with Gasteiger partial charge in [-0.2, -0.15) is 4.21 Å². The second-order valence-corrected chi connectivity index (χ2v) is 6.44. The molecule has 0 amide bonds. The van der Waals surface area contributed by atoms with Crippen LogP contribution in [0.15, 0.2) is 0 Å². The van der Waals surface area contributed by atoms with Crippen molar-refractivity contribution in [2.75, 3.05) is 6.61 Å². The van der Waals surface area contributed by atoms with Gasteiger partial charge in [0, 0.05) is 0 Å². The number of hydrogen-bond acceptors (Lipinski definition) is 2. The van der Waals surface area contributed by atoms with Crippen molar-refractivity contribution in [1.82, 2.24) is 0 Å².